The zero-order chi connectivity index (χ0) is 11.0. The molecule has 3 N–H and O–H groups in total. The standard InChI is InChI=1S/C11H26N2O/c1-11(2,9-12)10-13(3)7-5-4-6-8-14/h14H,4-10,12H2,1-3H3. The smallest absolute Gasteiger partial charge is 0.0431 e. The van der Waals surface area contributed by atoms with Crippen molar-refractivity contribution in [3.63, 3.8) is 0 Å². The van der Waals surface area contributed by atoms with Crippen LogP contribution in [0.4, 0.5) is 0 Å². The lowest BCUT2D eigenvalue weighted by Crippen LogP contribution is -2.37. The first-order valence-corrected chi connectivity index (χ1v) is 5.51. The highest BCUT2D eigenvalue weighted by Crippen LogP contribution is 2.14. The first-order chi connectivity index (χ1) is 6.52. The van der Waals surface area contributed by atoms with E-state index in [9.17, 15) is 0 Å². The minimum atomic E-state index is 0.214. The predicted molar refractivity (Wildman–Crippen MR) is 61.3 cm³/mol. The maximum absolute atomic E-state index is 8.63. The SMILES string of the molecule is CN(CCCCCO)CC(C)(C)CN. The monoisotopic (exact) mass is 202 g/mol. The van der Waals surface area contributed by atoms with Crippen molar-refractivity contribution in [1.82, 2.24) is 4.90 Å². The van der Waals surface area contributed by atoms with Crippen LogP contribution in [0, 0.1) is 5.41 Å². The zero-order valence-corrected chi connectivity index (χ0v) is 9.92. The van der Waals surface area contributed by atoms with Gasteiger partial charge in [-0.3, -0.25) is 0 Å². The van der Waals surface area contributed by atoms with Gasteiger partial charge in [-0.2, -0.15) is 0 Å². The molecule has 0 fully saturated rings. The summed E-state index contributed by atoms with van der Waals surface area (Å²) in [4.78, 5) is 2.32. The summed E-state index contributed by atoms with van der Waals surface area (Å²) < 4.78 is 0. The summed E-state index contributed by atoms with van der Waals surface area (Å²) >= 11 is 0. The van der Waals surface area contributed by atoms with Crippen molar-refractivity contribution in [3.8, 4) is 0 Å². The molecule has 0 atom stereocenters. The number of rotatable bonds is 8. The highest BCUT2D eigenvalue weighted by molar-refractivity contribution is 4.72. The summed E-state index contributed by atoms with van der Waals surface area (Å²) in [6, 6.07) is 0. The molecular formula is C11H26N2O. The van der Waals surface area contributed by atoms with Crippen LogP contribution >= 0.6 is 0 Å². The van der Waals surface area contributed by atoms with Gasteiger partial charge in [-0.05, 0) is 44.8 Å². The maximum atomic E-state index is 8.63. The fourth-order valence-electron chi connectivity index (χ4n) is 1.54. The number of hydrogen-bond donors (Lipinski definition) is 2. The summed E-state index contributed by atoms with van der Waals surface area (Å²) in [5.41, 5.74) is 5.89. The van der Waals surface area contributed by atoms with E-state index in [1.165, 1.54) is 0 Å². The largest absolute Gasteiger partial charge is 0.396 e. The van der Waals surface area contributed by atoms with E-state index in [0.29, 0.717) is 6.61 Å². The molecule has 3 heteroatoms. The molecule has 0 unspecified atom stereocenters. The van der Waals surface area contributed by atoms with Crippen molar-refractivity contribution < 1.29 is 5.11 Å². The normalized spacial score (nSPS) is 12.4. The molecule has 3 nitrogen and oxygen atoms in total. The van der Waals surface area contributed by atoms with Crippen LogP contribution in [0.15, 0.2) is 0 Å². The third kappa shape index (κ3) is 7.30. The Labute approximate surface area is 88.3 Å². The predicted octanol–water partition coefficient (Wildman–Crippen LogP) is 1.07. The lowest BCUT2D eigenvalue weighted by atomic mass is 9.93. The summed E-state index contributed by atoms with van der Waals surface area (Å²) in [5, 5.41) is 8.63. The minimum Gasteiger partial charge on any atom is -0.396 e. The molecule has 0 amide bonds. The van der Waals surface area contributed by atoms with Gasteiger partial charge in [-0.25, -0.2) is 0 Å². The topological polar surface area (TPSA) is 49.5 Å². The number of unbranched alkanes of at least 4 members (excludes halogenated alkanes) is 2. The molecule has 0 aliphatic rings. The fourth-order valence-corrected chi connectivity index (χ4v) is 1.54. The number of nitrogens with zero attached hydrogens (tertiary/aromatic N) is 1. The molecule has 0 heterocycles. The van der Waals surface area contributed by atoms with Crippen LogP contribution in [0.25, 0.3) is 0 Å². The molecule has 86 valence electrons. The molecule has 0 bridgehead atoms. The van der Waals surface area contributed by atoms with Gasteiger partial charge in [-0.1, -0.05) is 13.8 Å². The van der Waals surface area contributed by atoms with E-state index in [-0.39, 0.29) is 5.41 Å². The second kappa shape index (κ2) is 7.21. The first-order valence-electron chi connectivity index (χ1n) is 5.51. The highest BCUT2D eigenvalue weighted by atomic mass is 16.2. The summed E-state index contributed by atoms with van der Waals surface area (Å²) in [7, 11) is 2.14. The molecule has 0 aromatic carbocycles. The summed E-state index contributed by atoms with van der Waals surface area (Å²) in [6.07, 6.45) is 3.20. The van der Waals surface area contributed by atoms with E-state index in [4.69, 9.17) is 10.8 Å². The number of nitrogens with two attached hydrogens (primary N) is 1. The average molecular weight is 202 g/mol. The third-order valence-corrected chi connectivity index (χ3v) is 2.45. The van der Waals surface area contributed by atoms with Crippen molar-refractivity contribution in [2.24, 2.45) is 11.1 Å². The van der Waals surface area contributed by atoms with E-state index >= 15 is 0 Å². The molecular weight excluding hydrogens is 176 g/mol. The zero-order valence-electron chi connectivity index (χ0n) is 9.92. The lowest BCUT2D eigenvalue weighted by molar-refractivity contribution is 0.209. The average Bonchev–Trinajstić information content (AvgIpc) is 2.12. The quantitative estimate of drug-likeness (QED) is 0.579. The van der Waals surface area contributed by atoms with Gasteiger partial charge in [0.1, 0.15) is 0 Å². The fraction of sp³-hybridized carbons (Fsp3) is 1.00. The van der Waals surface area contributed by atoms with Crippen LogP contribution in [0.5, 0.6) is 0 Å². The van der Waals surface area contributed by atoms with Crippen molar-refractivity contribution in [2.45, 2.75) is 33.1 Å². The molecule has 0 saturated heterocycles. The Kier molecular flexibility index (Phi) is 7.15. The number of aliphatic hydroxyl groups excluding tert-OH is 1. The molecule has 0 aliphatic carbocycles. The maximum Gasteiger partial charge on any atom is 0.0431 e. The van der Waals surface area contributed by atoms with Crippen molar-refractivity contribution in [3.05, 3.63) is 0 Å². The van der Waals surface area contributed by atoms with Crippen molar-refractivity contribution in [2.75, 3.05) is 33.3 Å². The Hall–Kier alpha value is -0.120. The second-order valence-electron chi connectivity index (χ2n) is 4.89. The lowest BCUT2D eigenvalue weighted by Gasteiger charge is -2.28. The Balaban J connectivity index is 3.49. The molecule has 0 radical (unpaired) electrons. The Morgan fingerprint density at radius 1 is 1.21 bits per heavy atom. The highest BCUT2D eigenvalue weighted by Gasteiger charge is 2.17. The van der Waals surface area contributed by atoms with Crippen LogP contribution in [0.1, 0.15) is 33.1 Å². The second-order valence-corrected chi connectivity index (χ2v) is 4.89. The van der Waals surface area contributed by atoms with E-state index in [1.54, 1.807) is 0 Å². The molecule has 0 rings (SSSR count). The molecule has 0 saturated carbocycles. The Morgan fingerprint density at radius 2 is 1.86 bits per heavy atom. The summed E-state index contributed by atoms with van der Waals surface area (Å²) in [5.74, 6) is 0. The van der Waals surface area contributed by atoms with E-state index in [1.807, 2.05) is 0 Å². The van der Waals surface area contributed by atoms with E-state index in [0.717, 1.165) is 38.9 Å². The molecule has 0 aliphatic heterocycles. The van der Waals surface area contributed by atoms with Gasteiger partial charge < -0.3 is 15.7 Å². The van der Waals surface area contributed by atoms with Crippen LogP contribution in [-0.2, 0) is 0 Å². The number of aliphatic hydroxyl groups is 1. The van der Waals surface area contributed by atoms with Crippen LogP contribution < -0.4 is 5.73 Å². The van der Waals surface area contributed by atoms with Gasteiger partial charge in [0.2, 0.25) is 0 Å². The van der Waals surface area contributed by atoms with E-state index < -0.39 is 0 Å². The molecule has 0 spiro atoms. The van der Waals surface area contributed by atoms with Crippen LogP contribution in [0.3, 0.4) is 0 Å². The van der Waals surface area contributed by atoms with Gasteiger partial charge in [0.15, 0.2) is 0 Å². The van der Waals surface area contributed by atoms with Gasteiger partial charge >= 0.3 is 0 Å². The van der Waals surface area contributed by atoms with E-state index in [2.05, 4.69) is 25.8 Å². The van der Waals surface area contributed by atoms with Gasteiger partial charge in [-0.15, -0.1) is 0 Å². The van der Waals surface area contributed by atoms with Gasteiger partial charge in [0.25, 0.3) is 0 Å². The molecule has 0 aromatic heterocycles. The van der Waals surface area contributed by atoms with Crippen molar-refractivity contribution in [1.29, 1.82) is 0 Å². The van der Waals surface area contributed by atoms with Crippen LogP contribution in [0.2, 0.25) is 0 Å². The molecule has 14 heavy (non-hydrogen) atoms. The van der Waals surface area contributed by atoms with Gasteiger partial charge in [0.05, 0.1) is 0 Å². The van der Waals surface area contributed by atoms with Crippen LogP contribution in [-0.4, -0.2) is 43.3 Å². The minimum absolute atomic E-state index is 0.214. The summed E-state index contributed by atoms with van der Waals surface area (Å²) in [6.45, 7) is 7.58. The Morgan fingerprint density at radius 3 is 2.36 bits per heavy atom. The van der Waals surface area contributed by atoms with Crippen molar-refractivity contribution >= 4 is 0 Å². The Bertz CT molecular complexity index is 137. The van der Waals surface area contributed by atoms with Gasteiger partial charge in [0, 0.05) is 13.2 Å². The third-order valence-electron chi connectivity index (χ3n) is 2.45. The first kappa shape index (κ1) is 13.9. The number of hydrogen-bond acceptors (Lipinski definition) is 3. The molecule has 0 aromatic rings.